The lowest BCUT2D eigenvalue weighted by Crippen LogP contribution is -2.15. The molecule has 150 valence electrons. The summed E-state index contributed by atoms with van der Waals surface area (Å²) in [6, 6.07) is 0. The molecule has 0 amide bonds. The fourth-order valence-electron chi connectivity index (χ4n) is 3.10. The number of carbonyl (C=O) groups is 1. The molecular weight excluding hydrogens is 320 g/mol. The summed E-state index contributed by atoms with van der Waals surface area (Å²) in [6.07, 6.45) is 26.8. The molecule has 0 bridgehead atoms. The molecule has 0 heterocycles. The fourth-order valence-corrected chi connectivity index (χ4v) is 3.10. The first-order valence-corrected chi connectivity index (χ1v) is 10.8. The van der Waals surface area contributed by atoms with Crippen molar-refractivity contribution in [1.29, 1.82) is 0 Å². The highest BCUT2D eigenvalue weighted by molar-refractivity contribution is 5.69. The molecular formula is C24H42O2. The summed E-state index contributed by atoms with van der Waals surface area (Å²) < 4.78 is 0. The predicted molar refractivity (Wildman–Crippen MR) is 114 cm³/mol. The molecule has 2 nitrogen and oxygen atoms in total. The summed E-state index contributed by atoms with van der Waals surface area (Å²) in [5, 5.41) is 9.23. The number of carboxylic acid groups (broad SMARTS) is 1. The largest absolute Gasteiger partial charge is 0.481 e. The number of hydrogen-bond acceptors (Lipinski definition) is 1. The lowest BCUT2D eigenvalue weighted by molar-refractivity contribution is -0.142. The van der Waals surface area contributed by atoms with Crippen molar-refractivity contribution in [1.82, 2.24) is 0 Å². The molecule has 0 aromatic heterocycles. The molecule has 0 saturated heterocycles. The summed E-state index contributed by atoms with van der Waals surface area (Å²) in [7, 11) is 0. The highest BCUT2D eigenvalue weighted by atomic mass is 16.4. The molecule has 1 atom stereocenters. The van der Waals surface area contributed by atoms with Gasteiger partial charge in [-0.05, 0) is 50.9 Å². The lowest BCUT2D eigenvalue weighted by atomic mass is 9.92. The van der Waals surface area contributed by atoms with E-state index in [2.05, 4.69) is 57.2 Å². The topological polar surface area (TPSA) is 37.3 Å². The molecule has 0 spiro atoms. The van der Waals surface area contributed by atoms with Crippen LogP contribution in [0.3, 0.4) is 0 Å². The SMILES string of the molecule is CCC=CCC=CCC=CCCCCCCCCC(CC(C)C)C(=O)O. The normalized spacial score (nSPS) is 13.5. The number of carboxylic acids is 1. The Morgan fingerprint density at radius 2 is 1.35 bits per heavy atom. The summed E-state index contributed by atoms with van der Waals surface area (Å²) in [4.78, 5) is 11.2. The van der Waals surface area contributed by atoms with Gasteiger partial charge in [0.2, 0.25) is 0 Å². The molecule has 1 N–H and O–H groups in total. The highest BCUT2D eigenvalue weighted by Gasteiger charge is 2.17. The van der Waals surface area contributed by atoms with Gasteiger partial charge >= 0.3 is 5.97 Å². The second kappa shape index (κ2) is 18.5. The Kier molecular flexibility index (Phi) is 17.5. The predicted octanol–water partition coefficient (Wildman–Crippen LogP) is 7.71. The van der Waals surface area contributed by atoms with Gasteiger partial charge in [-0.2, -0.15) is 0 Å². The van der Waals surface area contributed by atoms with E-state index in [1.165, 1.54) is 38.5 Å². The summed E-state index contributed by atoms with van der Waals surface area (Å²) >= 11 is 0. The zero-order valence-electron chi connectivity index (χ0n) is 17.5. The van der Waals surface area contributed by atoms with E-state index in [9.17, 15) is 9.90 Å². The van der Waals surface area contributed by atoms with Gasteiger partial charge in [0.1, 0.15) is 0 Å². The Bertz CT molecular complexity index is 404. The number of unbranched alkanes of at least 4 members (excludes halogenated alkanes) is 6. The molecule has 2 heteroatoms. The van der Waals surface area contributed by atoms with Gasteiger partial charge in [-0.25, -0.2) is 0 Å². The zero-order chi connectivity index (χ0) is 19.5. The quantitative estimate of drug-likeness (QED) is 0.212. The van der Waals surface area contributed by atoms with E-state index < -0.39 is 5.97 Å². The van der Waals surface area contributed by atoms with E-state index >= 15 is 0 Å². The van der Waals surface area contributed by atoms with Crippen LogP contribution in [0.2, 0.25) is 0 Å². The van der Waals surface area contributed by atoms with E-state index in [0.717, 1.165) is 38.5 Å². The van der Waals surface area contributed by atoms with Gasteiger partial charge in [-0.15, -0.1) is 0 Å². The summed E-state index contributed by atoms with van der Waals surface area (Å²) in [5.74, 6) is -0.285. The minimum atomic E-state index is -0.613. The van der Waals surface area contributed by atoms with Gasteiger partial charge in [0.05, 0.1) is 5.92 Å². The van der Waals surface area contributed by atoms with E-state index in [-0.39, 0.29) is 5.92 Å². The standard InChI is InChI=1S/C24H42O2/c1-4-5-6-7-8-9-10-11-12-13-14-15-16-17-18-19-20-23(24(25)26)21-22(2)3/h5-6,8-9,11-12,22-23H,4,7,10,13-21H2,1-3H3,(H,25,26). The number of rotatable bonds is 17. The van der Waals surface area contributed by atoms with Crippen molar-refractivity contribution in [2.45, 2.75) is 97.8 Å². The van der Waals surface area contributed by atoms with E-state index in [1.54, 1.807) is 0 Å². The van der Waals surface area contributed by atoms with Gasteiger partial charge in [-0.3, -0.25) is 4.79 Å². The van der Waals surface area contributed by atoms with Gasteiger partial charge < -0.3 is 5.11 Å². The third-order valence-corrected chi connectivity index (χ3v) is 4.56. The Morgan fingerprint density at radius 3 is 1.92 bits per heavy atom. The third-order valence-electron chi connectivity index (χ3n) is 4.56. The molecule has 1 unspecified atom stereocenters. The van der Waals surface area contributed by atoms with Crippen molar-refractivity contribution in [3.05, 3.63) is 36.5 Å². The van der Waals surface area contributed by atoms with E-state index in [1.807, 2.05) is 0 Å². The van der Waals surface area contributed by atoms with Crippen LogP contribution in [-0.2, 0) is 4.79 Å². The van der Waals surface area contributed by atoms with Crippen molar-refractivity contribution in [2.24, 2.45) is 11.8 Å². The van der Waals surface area contributed by atoms with Crippen LogP contribution in [0.25, 0.3) is 0 Å². The van der Waals surface area contributed by atoms with Crippen molar-refractivity contribution < 1.29 is 9.90 Å². The summed E-state index contributed by atoms with van der Waals surface area (Å²) in [6.45, 7) is 6.36. The van der Waals surface area contributed by atoms with Crippen molar-refractivity contribution in [3.8, 4) is 0 Å². The second-order valence-electron chi connectivity index (χ2n) is 7.66. The molecule has 0 aromatic carbocycles. The smallest absolute Gasteiger partial charge is 0.306 e. The average molecular weight is 363 g/mol. The van der Waals surface area contributed by atoms with Crippen LogP contribution in [0, 0.1) is 11.8 Å². The Labute approximate surface area is 162 Å². The maximum Gasteiger partial charge on any atom is 0.306 e. The highest BCUT2D eigenvalue weighted by Crippen LogP contribution is 2.19. The average Bonchev–Trinajstić information content (AvgIpc) is 2.59. The van der Waals surface area contributed by atoms with Gasteiger partial charge in [0.15, 0.2) is 0 Å². The van der Waals surface area contributed by atoms with Crippen molar-refractivity contribution in [2.75, 3.05) is 0 Å². The molecule has 0 aliphatic rings. The van der Waals surface area contributed by atoms with E-state index in [0.29, 0.717) is 5.92 Å². The van der Waals surface area contributed by atoms with Gasteiger partial charge in [0.25, 0.3) is 0 Å². The number of hydrogen-bond donors (Lipinski definition) is 1. The van der Waals surface area contributed by atoms with Crippen LogP contribution in [-0.4, -0.2) is 11.1 Å². The monoisotopic (exact) mass is 362 g/mol. The Hall–Kier alpha value is -1.31. The minimum absolute atomic E-state index is 0.142. The summed E-state index contributed by atoms with van der Waals surface area (Å²) in [5.41, 5.74) is 0. The minimum Gasteiger partial charge on any atom is -0.481 e. The first-order valence-electron chi connectivity index (χ1n) is 10.8. The first-order chi connectivity index (χ1) is 12.6. The molecule has 0 aliphatic carbocycles. The van der Waals surface area contributed by atoms with Crippen LogP contribution < -0.4 is 0 Å². The molecule has 0 radical (unpaired) electrons. The van der Waals surface area contributed by atoms with Gasteiger partial charge in [0, 0.05) is 0 Å². The zero-order valence-corrected chi connectivity index (χ0v) is 17.5. The maximum atomic E-state index is 11.2. The molecule has 0 aromatic rings. The second-order valence-corrected chi connectivity index (χ2v) is 7.66. The Morgan fingerprint density at radius 1 is 0.808 bits per heavy atom. The van der Waals surface area contributed by atoms with Crippen LogP contribution in [0.15, 0.2) is 36.5 Å². The van der Waals surface area contributed by atoms with Crippen molar-refractivity contribution >= 4 is 5.97 Å². The molecule has 0 saturated carbocycles. The molecule has 0 fully saturated rings. The number of aliphatic carboxylic acids is 1. The lowest BCUT2D eigenvalue weighted by Gasteiger charge is -2.14. The third kappa shape index (κ3) is 17.5. The van der Waals surface area contributed by atoms with Crippen molar-refractivity contribution in [3.63, 3.8) is 0 Å². The maximum absolute atomic E-state index is 11.2. The first kappa shape index (κ1) is 24.7. The van der Waals surface area contributed by atoms with E-state index in [4.69, 9.17) is 0 Å². The number of allylic oxidation sites excluding steroid dienone is 6. The molecule has 26 heavy (non-hydrogen) atoms. The van der Waals surface area contributed by atoms with Crippen LogP contribution >= 0.6 is 0 Å². The molecule has 0 aliphatic heterocycles. The van der Waals surface area contributed by atoms with Crippen LogP contribution in [0.4, 0.5) is 0 Å². The van der Waals surface area contributed by atoms with Gasteiger partial charge in [-0.1, -0.05) is 89.3 Å². The Balaban J connectivity index is 3.46. The molecule has 0 rings (SSSR count). The fraction of sp³-hybridized carbons (Fsp3) is 0.708. The van der Waals surface area contributed by atoms with Crippen LogP contribution in [0.5, 0.6) is 0 Å². The van der Waals surface area contributed by atoms with Crippen LogP contribution in [0.1, 0.15) is 97.8 Å².